The molecule has 27 heavy (non-hydrogen) atoms. The SMILES string of the molecule is CCCCOc1nc(Nc2ccc(OC(C)(C)C)cc2)ncc1C(F)(F)F. The number of alkyl halides is 3. The van der Waals surface area contributed by atoms with Crippen LogP contribution in [0.2, 0.25) is 0 Å². The quantitative estimate of drug-likeness (QED) is 0.631. The molecule has 1 heterocycles. The summed E-state index contributed by atoms with van der Waals surface area (Å²) in [6.45, 7) is 7.91. The Labute approximate surface area is 156 Å². The van der Waals surface area contributed by atoms with Crippen molar-refractivity contribution in [1.29, 1.82) is 0 Å². The summed E-state index contributed by atoms with van der Waals surface area (Å²) < 4.78 is 50.3. The zero-order valence-corrected chi connectivity index (χ0v) is 15.9. The highest BCUT2D eigenvalue weighted by atomic mass is 19.4. The second-order valence-corrected chi connectivity index (χ2v) is 6.98. The summed E-state index contributed by atoms with van der Waals surface area (Å²) in [5.41, 5.74) is -0.690. The van der Waals surface area contributed by atoms with Crippen molar-refractivity contribution in [2.75, 3.05) is 11.9 Å². The van der Waals surface area contributed by atoms with E-state index in [0.29, 0.717) is 17.9 Å². The first-order valence-corrected chi connectivity index (χ1v) is 8.71. The van der Waals surface area contributed by atoms with E-state index in [2.05, 4.69) is 15.3 Å². The lowest BCUT2D eigenvalue weighted by molar-refractivity contribution is -0.139. The maximum absolute atomic E-state index is 13.1. The molecule has 0 aliphatic heterocycles. The number of nitrogens with zero attached hydrogens (tertiary/aromatic N) is 2. The molecule has 2 aromatic rings. The van der Waals surface area contributed by atoms with Crippen LogP contribution in [0.1, 0.15) is 46.1 Å². The molecule has 1 aromatic heterocycles. The lowest BCUT2D eigenvalue weighted by Crippen LogP contribution is -2.22. The zero-order chi connectivity index (χ0) is 20.1. The molecular formula is C19H24F3N3O2. The number of aromatic nitrogens is 2. The van der Waals surface area contributed by atoms with E-state index in [4.69, 9.17) is 9.47 Å². The van der Waals surface area contributed by atoms with Crippen LogP contribution in [0.25, 0.3) is 0 Å². The van der Waals surface area contributed by atoms with Crippen molar-refractivity contribution in [3.05, 3.63) is 36.0 Å². The topological polar surface area (TPSA) is 56.3 Å². The first-order valence-electron chi connectivity index (χ1n) is 8.71. The predicted molar refractivity (Wildman–Crippen MR) is 97.5 cm³/mol. The van der Waals surface area contributed by atoms with E-state index in [1.54, 1.807) is 24.3 Å². The number of unbranched alkanes of at least 4 members (excludes halogenated alkanes) is 1. The molecule has 148 valence electrons. The fourth-order valence-corrected chi connectivity index (χ4v) is 2.13. The number of nitrogens with one attached hydrogen (secondary N) is 1. The number of halogens is 3. The molecule has 1 aromatic carbocycles. The van der Waals surface area contributed by atoms with Crippen LogP contribution in [0, 0.1) is 0 Å². The average molecular weight is 383 g/mol. The maximum Gasteiger partial charge on any atom is 0.423 e. The Morgan fingerprint density at radius 3 is 2.30 bits per heavy atom. The minimum absolute atomic E-state index is 0.0268. The second-order valence-electron chi connectivity index (χ2n) is 6.98. The molecule has 0 saturated carbocycles. The number of rotatable bonds is 7. The molecule has 8 heteroatoms. The summed E-state index contributed by atoms with van der Waals surface area (Å²) in [6.07, 6.45) is -2.40. The van der Waals surface area contributed by atoms with E-state index < -0.39 is 17.6 Å². The number of hydrogen-bond donors (Lipinski definition) is 1. The predicted octanol–water partition coefficient (Wildman–Crippen LogP) is 5.60. The van der Waals surface area contributed by atoms with Crippen molar-refractivity contribution in [3.8, 4) is 11.6 Å². The van der Waals surface area contributed by atoms with Gasteiger partial charge in [-0.2, -0.15) is 18.2 Å². The second kappa shape index (κ2) is 8.45. The molecule has 0 amide bonds. The fraction of sp³-hybridized carbons (Fsp3) is 0.474. The normalized spacial score (nSPS) is 12.0. The van der Waals surface area contributed by atoms with Gasteiger partial charge in [-0.05, 0) is 51.5 Å². The number of ether oxygens (including phenoxy) is 2. The summed E-state index contributed by atoms with van der Waals surface area (Å²) >= 11 is 0. The van der Waals surface area contributed by atoms with E-state index in [-0.39, 0.29) is 18.2 Å². The molecular weight excluding hydrogens is 359 g/mol. The van der Waals surface area contributed by atoms with E-state index in [1.165, 1.54) is 0 Å². The molecule has 0 saturated heterocycles. The molecule has 0 atom stereocenters. The van der Waals surface area contributed by atoms with Gasteiger partial charge in [-0.15, -0.1) is 0 Å². The highest BCUT2D eigenvalue weighted by Gasteiger charge is 2.36. The smallest absolute Gasteiger partial charge is 0.423 e. The summed E-state index contributed by atoms with van der Waals surface area (Å²) in [5, 5.41) is 2.88. The van der Waals surface area contributed by atoms with Gasteiger partial charge in [0.05, 0.1) is 6.61 Å². The van der Waals surface area contributed by atoms with Gasteiger partial charge in [0.2, 0.25) is 11.8 Å². The van der Waals surface area contributed by atoms with E-state index in [0.717, 1.165) is 12.6 Å². The number of benzene rings is 1. The van der Waals surface area contributed by atoms with Crippen molar-refractivity contribution in [3.63, 3.8) is 0 Å². The molecule has 0 aliphatic carbocycles. The summed E-state index contributed by atoms with van der Waals surface area (Å²) in [4.78, 5) is 7.65. The van der Waals surface area contributed by atoms with Gasteiger partial charge >= 0.3 is 6.18 Å². The van der Waals surface area contributed by atoms with Crippen LogP contribution in [0.15, 0.2) is 30.5 Å². The van der Waals surface area contributed by atoms with Crippen LogP contribution >= 0.6 is 0 Å². The third kappa shape index (κ3) is 6.62. The third-order valence-corrected chi connectivity index (χ3v) is 3.33. The van der Waals surface area contributed by atoms with Crippen molar-refractivity contribution in [2.24, 2.45) is 0 Å². The third-order valence-electron chi connectivity index (χ3n) is 3.33. The molecule has 0 bridgehead atoms. The molecule has 0 radical (unpaired) electrons. The van der Waals surface area contributed by atoms with E-state index in [1.807, 2.05) is 27.7 Å². The van der Waals surface area contributed by atoms with E-state index >= 15 is 0 Å². The molecule has 0 aliphatic rings. The molecule has 2 rings (SSSR count). The Hall–Kier alpha value is -2.51. The number of hydrogen-bond acceptors (Lipinski definition) is 5. The summed E-state index contributed by atoms with van der Waals surface area (Å²) in [6, 6.07) is 6.99. The Morgan fingerprint density at radius 2 is 1.74 bits per heavy atom. The van der Waals surface area contributed by atoms with Crippen LogP contribution in [-0.2, 0) is 6.18 Å². The molecule has 5 nitrogen and oxygen atoms in total. The molecule has 1 N–H and O–H groups in total. The van der Waals surface area contributed by atoms with Gasteiger partial charge in [0.25, 0.3) is 0 Å². The first-order chi connectivity index (χ1) is 12.6. The van der Waals surface area contributed by atoms with Crippen molar-refractivity contribution in [1.82, 2.24) is 9.97 Å². The van der Waals surface area contributed by atoms with Crippen LogP contribution in [0.5, 0.6) is 11.6 Å². The Balaban J connectivity index is 2.17. The Morgan fingerprint density at radius 1 is 1.07 bits per heavy atom. The highest BCUT2D eigenvalue weighted by Crippen LogP contribution is 2.35. The lowest BCUT2D eigenvalue weighted by atomic mass is 10.2. The summed E-state index contributed by atoms with van der Waals surface area (Å²) in [7, 11) is 0. The fourth-order valence-electron chi connectivity index (χ4n) is 2.13. The monoisotopic (exact) mass is 383 g/mol. The first kappa shape index (κ1) is 20.8. The van der Waals surface area contributed by atoms with Crippen LogP contribution in [-0.4, -0.2) is 22.2 Å². The van der Waals surface area contributed by atoms with Crippen LogP contribution in [0.3, 0.4) is 0 Å². The van der Waals surface area contributed by atoms with Crippen molar-refractivity contribution >= 4 is 11.6 Å². The van der Waals surface area contributed by atoms with Gasteiger partial charge in [0, 0.05) is 11.9 Å². The zero-order valence-electron chi connectivity index (χ0n) is 15.9. The maximum atomic E-state index is 13.1. The van der Waals surface area contributed by atoms with E-state index in [9.17, 15) is 13.2 Å². The Kier molecular flexibility index (Phi) is 6.51. The van der Waals surface area contributed by atoms with Crippen LogP contribution < -0.4 is 14.8 Å². The standard InChI is InChI=1S/C19H24F3N3O2/c1-5-6-11-26-16-15(19(20,21)22)12-23-17(25-16)24-13-7-9-14(10-8-13)27-18(2,3)4/h7-10,12H,5-6,11H2,1-4H3,(H,23,24,25). The largest absolute Gasteiger partial charge is 0.488 e. The minimum atomic E-state index is -4.58. The van der Waals surface area contributed by atoms with Crippen molar-refractivity contribution < 1.29 is 22.6 Å². The van der Waals surface area contributed by atoms with Gasteiger partial charge in [0.15, 0.2) is 0 Å². The Bertz CT molecular complexity index is 741. The minimum Gasteiger partial charge on any atom is -0.488 e. The van der Waals surface area contributed by atoms with Gasteiger partial charge in [-0.3, -0.25) is 0 Å². The lowest BCUT2D eigenvalue weighted by Gasteiger charge is -2.21. The van der Waals surface area contributed by atoms with Gasteiger partial charge < -0.3 is 14.8 Å². The average Bonchev–Trinajstić information content (AvgIpc) is 2.55. The number of anilines is 2. The van der Waals surface area contributed by atoms with Crippen LogP contribution in [0.4, 0.5) is 24.8 Å². The molecule has 0 spiro atoms. The van der Waals surface area contributed by atoms with Gasteiger partial charge in [-0.1, -0.05) is 13.3 Å². The molecule has 0 fully saturated rings. The van der Waals surface area contributed by atoms with Gasteiger partial charge in [0.1, 0.15) is 16.9 Å². The van der Waals surface area contributed by atoms with Crippen molar-refractivity contribution in [2.45, 2.75) is 52.3 Å². The summed E-state index contributed by atoms with van der Waals surface area (Å²) in [5.74, 6) is 0.241. The highest BCUT2D eigenvalue weighted by molar-refractivity contribution is 5.55. The van der Waals surface area contributed by atoms with Gasteiger partial charge in [-0.25, -0.2) is 4.98 Å². The molecule has 0 unspecified atom stereocenters.